The van der Waals surface area contributed by atoms with Gasteiger partial charge in [-0.05, 0) is 47.5 Å². The highest BCUT2D eigenvalue weighted by Gasteiger charge is 2.42. The van der Waals surface area contributed by atoms with E-state index in [1.165, 1.54) is 17.0 Å². The molecule has 1 aromatic rings. The Kier molecular flexibility index (Phi) is 3.62. The van der Waals surface area contributed by atoms with Crippen LogP contribution in [0.15, 0.2) is 22.7 Å². The summed E-state index contributed by atoms with van der Waals surface area (Å²) in [7, 11) is 0. The van der Waals surface area contributed by atoms with E-state index in [2.05, 4.69) is 21.2 Å². The van der Waals surface area contributed by atoms with E-state index in [-0.39, 0.29) is 18.4 Å². The lowest BCUT2D eigenvalue weighted by molar-refractivity contribution is -0.135. The van der Waals surface area contributed by atoms with Gasteiger partial charge in [0.25, 0.3) is 5.91 Å². The molecule has 1 atom stereocenters. The third-order valence-electron chi connectivity index (χ3n) is 3.36. The quantitative estimate of drug-likeness (QED) is 0.905. The predicted molar refractivity (Wildman–Crippen MR) is 73.3 cm³/mol. The first-order chi connectivity index (χ1) is 8.87. The van der Waals surface area contributed by atoms with Crippen molar-refractivity contribution in [2.45, 2.75) is 25.8 Å². The van der Waals surface area contributed by atoms with Gasteiger partial charge in [0.2, 0.25) is 5.91 Å². The number of nitrogens with zero attached hydrogens (tertiary/aromatic N) is 1. The van der Waals surface area contributed by atoms with E-state index in [0.717, 1.165) is 0 Å². The molecule has 1 heterocycles. The fraction of sp³-hybridized carbons (Fsp3) is 0.385. The van der Waals surface area contributed by atoms with Gasteiger partial charge in [-0.1, -0.05) is 6.92 Å². The van der Waals surface area contributed by atoms with E-state index in [9.17, 15) is 14.0 Å². The molecular weight excluding hydrogens is 315 g/mol. The van der Waals surface area contributed by atoms with Crippen molar-refractivity contribution in [2.24, 2.45) is 0 Å². The van der Waals surface area contributed by atoms with E-state index in [0.29, 0.717) is 16.6 Å². The van der Waals surface area contributed by atoms with E-state index in [1.807, 2.05) is 6.92 Å². The van der Waals surface area contributed by atoms with Gasteiger partial charge in [0.1, 0.15) is 17.9 Å². The Morgan fingerprint density at radius 3 is 2.74 bits per heavy atom. The van der Waals surface area contributed by atoms with Crippen LogP contribution in [0.1, 0.15) is 20.3 Å². The number of piperazine rings is 1. The van der Waals surface area contributed by atoms with Crippen LogP contribution in [-0.2, 0) is 9.59 Å². The number of nitrogens with one attached hydrogen (secondary N) is 1. The molecule has 0 bridgehead atoms. The first-order valence-corrected chi connectivity index (χ1v) is 6.74. The first-order valence-electron chi connectivity index (χ1n) is 5.95. The van der Waals surface area contributed by atoms with Crippen molar-refractivity contribution in [3.05, 3.63) is 28.5 Å². The van der Waals surface area contributed by atoms with Crippen LogP contribution in [0.4, 0.5) is 10.1 Å². The number of carbonyl (C=O) groups is 2. The van der Waals surface area contributed by atoms with Gasteiger partial charge in [-0.3, -0.25) is 9.59 Å². The number of amides is 2. The fourth-order valence-corrected chi connectivity index (χ4v) is 2.26. The van der Waals surface area contributed by atoms with Crippen LogP contribution in [0, 0.1) is 5.82 Å². The highest BCUT2D eigenvalue weighted by Crippen LogP contribution is 2.27. The molecule has 0 aromatic heterocycles. The van der Waals surface area contributed by atoms with Crippen molar-refractivity contribution >= 4 is 33.4 Å². The Morgan fingerprint density at radius 1 is 1.47 bits per heavy atom. The summed E-state index contributed by atoms with van der Waals surface area (Å²) in [5, 5.41) is 2.68. The number of anilines is 1. The molecule has 1 unspecified atom stereocenters. The van der Waals surface area contributed by atoms with Gasteiger partial charge in [0.15, 0.2) is 0 Å². The summed E-state index contributed by atoms with van der Waals surface area (Å²) in [5.74, 6) is -0.932. The van der Waals surface area contributed by atoms with Gasteiger partial charge >= 0.3 is 0 Å². The number of rotatable bonds is 2. The molecule has 0 aliphatic carbocycles. The second kappa shape index (κ2) is 4.92. The Morgan fingerprint density at radius 2 is 2.16 bits per heavy atom. The summed E-state index contributed by atoms with van der Waals surface area (Å²) in [4.78, 5) is 25.4. The summed E-state index contributed by atoms with van der Waals surface area (Å²) in [6.07, 6.45) is 0.479. The molecule has 1 aromatic carbocycles. The average molecular weight is 329 g/mol. The van der Waals surface area contributed by atoms with Crippen molar-refractivity contribution in [2.75, 3.05) is 11.4 Å². The lowest BCUT2D eigenvalue weighted by Crippen LogP contribution is -2.65. The first kappa shape index (κ1) is 14.0. The van der Waals surface area contributed by atoms with Crippen LogP contribution in [0.5, 0.6) is 0 Å². The minimum atomic E-state index is -0.932. The highest BCUT2D eigenvalue weighted by molar-refractivity contribution is 9.10. The third-order valence-corrected chi connectivity index (χ3v) is 4.00. The highest BCUT2D eigenvalue weighted by atomic mass is 79.9. The minimum absolute atomic E-state index is 0.0878. The van der Waals surface area contributed by atoms with Gasteiger partial charge in [-0.2, -0.15) is 0 Å². The summed E-state index contributed by atoms with van der Waals surface area (Å²) < 4.78 is 13.9. The molecule has 1 N–H and O–H groups in total. The number of carbonyl (C=O) groups excluding carboxylic acids is 2. The standard InChI is InChI=1S/C13H14BrFN2O2/c1-3-13(2)12(19)17(7-11(18)16-13)8-4-5-9(14)10(15)6-8/h4-6H,3,7H2,1-2H3,(H,16,18). The number of halogens is 2. The van der Waals surface area contributed by atoms with E-state index in [1.54, 1.807) is 13.0 Å². The second-order valence-corrected chi connectivity index (χ2v) is 5.58. The molecule has 0 spiro atoms. The zero-order valence-corrected chi connectivity index (χ0v) is 12.3. The molecule has 2 amide bonds. The Labute approximate surface area is 119 Å². The largest absolute Gasteiger partial charge is 0.340 e. The van der Waals surface area contributed by atoms with Crippen molar-refractivity contribution in [1.29, 1.82) is 0 Å². The maximum atomic E-state index is 13.5. The Hall–Kier alpha value is -1.43. The summed E-state index contributed by atoms with van der Waals surface area (Å²) in [6.45, 7) is 3.41. The second-order valence-electron chi connectivity index (χ2n) is 4.72. The number of benzene rings is 1. The van der Waals surface area contributed by atoms with Crippen LogP contribution in [0.25, 0.3) is 0 Å². The summed E-state index contributed by atoms with van der Waals surface area (Å²) >= 11 is 3.06. The smallest absolute Gasteiger partial charge is 0.252 e. The third kappa shape index (κ3) is 2.49. The van der Waals surface area contributed by atoms with E-state index >= 15 is 0 Å². The monoisotopic (exact) mass is 328 g/mol. The van der Waals surface area contributed by atoms with E-state index < -0.39 is 11.4 Å². The SMILES string of the molecule is CCC1(C)NC(=O)CN(c2ccc(Br)c(F)c2)C1=O. The lowest BCUT2D eigenvalue weighted by Gasteiger charge is -2.39. The number of hydrogen-bond acceptors (Lipinski definition) is 2. The topological polar surface area (TPSA) is 49.4 Å². The molecule has 1 fully saturated rings. The molecule has 19 heavy (non-hydrogen) atoms. The van der Waals surface area contributed by atoms with Gasteiger partial charge in [-0.15, -0.1) is 0 Å². The molecule has 1 saturated heterocycles. The van der Waals surface area contributed by atoms with Gasteiger partial charge in [0, 0.05) is 5.69 Å². The minimum Gasteiger partial charge on any atom is -0.340 e. The zero-order chi connectivity index (χ0) is 14.2. The molecular formula is C13H14BrFN2O2. The van der Waals surface area contributed by atoms with E-state index in [4.69, 9.17) is 0 Å². The molecule has 0 saturated carbocycles. The predicted octanol–water partition coefficient (Wildman–Crippen LogP) is 2.22. The molecule has 102 valence electrons. The molecule has 1 aliphatic heterocycles. The van der Waals surface area contributed by atoms with Gasteiger partial charge in [0.05, 0.1) is 4.47 Å². The summed E-state index contributed by atoms with van der Waals surface area (Å²) in [6, 6.07) is 4.38. The maximum Gasteiger partial charge on any atom is 0.252 e. The molecule has 2 rings (SSSR count). The molecule has 1 aliphatic rings. The van der Waals surface area contributed by atoms with Crippen molar-refractivity contribution in [3.8, 4) is 0 Å². The molecule has 4 nitrogen and oxygen atoms in total. The van der Waals surface area contributed by atoms with Crippen LogP contribution in [0.2, 0.25) is 0 Å². The Bertz CT molecular complexity index is 549. The van der Waals surface area contributed by atoms with Crippen LogP contribution in [-0.4, -0.2) is 23.9 Å². The lowest BCUT2D eigenvalue weighted by atomic mass is 9.94. The van der Waals surface area contributed by atoms with Gasteiger partial charge in [-0.25, -0.2) is 4.39 Å². The molecule has 0 radical (unpaired) electrons. The Balaban J connectivity index is 2.40. The average Bonchev–Trinajstić information content (AvgIpc) is 2.37. The van der Waals surface area contributed by atoms with Crippen LogP contribution >= 0.6 is 15.9 Å². The number of hydrogen-bond donors (Lipinski definition) is 1. The van der Waals surface area contributed by atoms with Gasteiger partial charge < -0.3 is 10.2 Å². The summed E-state index contributed by atoms with van der Waals surface area (Å²) in [5.41, 5.74) is -0.543. The maximum absolute atomic E-state index is 13.5. The van der Waals surface area contributed by atoms with Crippen molar-refractivity contribution < 1.29 is 14.0 Å². The fourth-order valence-electron chi connectivity index (χ4n) is 2.02. The van der Waals surface area contributed by atoms with Crippen molar-refractivity contribution in [1.82, 2.24) is 5.32 Å². The van der Waals surface area contributed by atoms with Crippen LogP contribution < -0.4 is 10.2 Å². The van der Waals surface area contributed by atoms with Crippen LogP contribution in [0.3, 0.4) is 0 Å². The van der Waals surface area contributed by atoms with Crippen molar-refractivity contribution in [3.63, 3.8) is 0 Å². The normalized spacial score (nSPS) is 23.5. The molecule has 6 heteroatoms. The zero-order valence-electron chi connectivity index (χ0n) is 10.7.